The number of methoxy groups -OCH3 is 2. The van der Waals surface area contributed by atoms with Gasteiger partial charge in [0.15, 0.2) is 0 Å². The summed E-state index contributed by atoms with van der Waals surface area (Å²) in [6, 6.07) is 5.19. The third-order valence-electron chi connectivity index (χ3n) is 4.90. The van der Waals surface area contributed by atoms with Crippen molar-refractivity contribution in [3.63, 3.8) is 0 Å². The van der Waals surface area contributed by atoms with Crippen LogP contribution in [0.3, 0.4) is 0 Å². The molecule has 2 heterocycles. The minimum atomic E-state index is -0.687. The lowest BCUT2D eigenvalue weighted by Gasteiger charge is -2.18. The first-order valence-corrected chi connectivity index (χ1v) is 11.8. The van der Waals surface area contributed by atoms with Gasteiger partial charge in [0.1, 0.15) is 6.29 Å². The minimum Gasteiger partial charge on any atom is -0.469 e. The number of hydrogen-bond donors (Lipinski definition) is 0. The average molecular weight is 466 g/mol. The molecule has 1 saturated heterocycles. The van der Waals surface area contributed by atoms with E-state index >= 15 is 0 Å². The van der Waals surface area contributed by atoms with E-state index < -0.39 is 12.0 Å². The van der Waals surface area contributed by atoms with E-state index in [-0.39, 0.29) is 18.5 Å². The van der Waals surface area contributed by atoms with E-state index in [0.717, 1.165) is 30.6 Å². The first-order valence-electron chi connectivity index (χ1n) is 11.8. The Morgan fingerprint density at radius 1 is 1.09 bits per heavy atom. The number of aromatic nitrogens is 2. The van der Waals surface area contributed by atoms with Crippen LogP contribution in [0.15, 0.2) is 23.0 Å². The van der Waals surface area contributed by atoms with E-state index in [0.29, 0.717) is 5.52 Å². The number of imidazole rings is 1. The highest BCUT2D eigenvalue weighted by atomic mass is 16.5. The number of fused-ring (bicyclic) bond motifs is 1. The van der Waals surface area contributed by atoms with Gasteiger partial charge in [-0.3, -0.25) is 13.9 Å². The van der Waals surface area contributed by atoms with Crippen LogP contribution >= 0.6 is 0 Å². The molecule has 1 atom stereocenters. The normalized spacial score (nSPS) is 13.0. The van der Waals surface area contributed by atoms with Crippen molar-refractivity contribution in [2.45, 2.75) is 65.8 Å². The largest absolute Gasteiger partial charge is 0.469 e. The van der Waals surface area contributed by atoms with E-state index in [1.54, 1.807) is 25.8 Å². The van der Waals surface area contributed by atoms with Crippen LogP contribution in [-0.2, 0) is 26.1 Å². The topological polar surface area (TPSA) is 82.8 Å². The predicted molar refractivity (Wildman–Crippen MR) is 135 cm³/mol. The van der Waals surface area contributed by atoms with E-state index in [1.807, 2.05) is 32.0 Å². The maximum absolute atomic E-state index is 12.7. The van der Waals surface area contributed by atoms with Crippen LogP contribution in [0.5, 0.6) is 0 Å². The molecule has 1 aliphatic heterocycles. The monoisotopic (exact) mass is 465 g/mol. The Balaban J connectivity index is 0.00000113. The van der Waals surface area contributed by atoms with Gasteiger partial charge in [0.2, 0.25) is 0 Å². The summed E-state index contributed by atoms with van der Waals surface area (Å²) in [5.41, 5.74) is 2.34. The van der Waals surface area contributed by atoms with Gasteiger partial charge in [-0.05, 0) is 37.5 Å². The molecule has 0 aliphatic carbocycles. The summed E-state index contributed by atoms with van der Waals surface area (Å²) in [6.07, 6.45) is 4.66. The molecule has 0 radical (unpaired) electrons. The van der Waals surface area contributed by atoms with Gasteiger partial charge in [-0.2, -0.15) is 0 Å². The number of anilines is 1. The number of esters is 1. The Hall–Kier alpha value is -2.61. The van der Waals surface area contributed by atoms with Gasteiger partial charge >= 0.3 is 11.7 Å². The molecule has 8 nitrogen and oxygen atoms in total. The van der Waals surface area contributed by atoms with Crippen molar-refractivity contribution in [1.82, 2.24) is 9.13 Å². The zero-order valence-electron chi connectivity index (χ0n) is 21.7. The molecular formula is C25H43N3O5. The molecule has 1 aromatic carbocycles. The predicted octanol–water partition coefficient (Wildman–Crippen LogP) is 4.34. The summed E-state index contributed by atoms with van der Waals surface area (Å²) < 4.78 is 11.9. The van der Waals surface area contributed by atoms with Gasteiger partial charge in [0, 0.05) is 46.5 Å². The van der Waals surface area contributed by atoms with E-state index in [1.165, 1.54) is 30.9 Å². The molecule has 0 bridgehead atoms. The molecule has 1 unspecified atom stereocenters. The van der Waals surface area contributed by atoms with Crippen molar-refractivity contribution >= 4 is 29.0 Å². The van der Waals surface area contributed by atoms with Crippen LogP contribution in [-0.4, -0.2) is 55.8 Å². The maximum atomic E-state index is 12.7. The fourth-order valence-corrected chi connectivity index (χ4v) is 3.47. The Morgan fingerprint density at radius 2 is 1.64 bits per heavy atom. The number of rotatable bonds is 6. The van der Waals surface area contributed by atoms with Gasteiger partial charge in [-0.15, -0.1) is 0 Å². The molecule has 8 heteroatoms. The molecule has 1 aliphatic rings. The molecule has 188 valence electrons. The van der Waals surface area contributed by atoms with Crippen molar-refractivity contribution in [2.75, 3.05) is 39.3 Å². The van der Waals surface area contributed by atoms with Crippen molar-refractivity contribution < 1.29 is 19.1 Å². The third kappa shape index (κ3) is 8.68. The third-order valence-corrected chi connectivity index (χ3v) is 4.90. The highest BCUT2D eigenvalue weighted by molar-refractivity contribution is 5.82. The Labute approximate surface area is 198 Å². The fraction of sp³-hybridized carbons (Fsp3) is 0.640. The van der Waals surface area contributed by atoms with Crippen molar-refractivity contribution in [3.8, 4) is 0 Å². The van der Waals surface area contributed by atoms with Crippen LogP contribution in [0.4, 0.5) is 5.69 Å². The lowest BCUT2D eigenvalue weighted by molar-refractivity contribution is -0.140. The number of nitrogens with zero attached hydrogens (tertiary/aromatic N) is 3. The van der Waals surface area contributed by atoms with E-state index in [2.05, 4.69) is 28.2 Å². The number of aryl methyl sites for hydroxylation is 1. The Bertz CT molecular complexity index is 880. The second-order valence-corrected chi connectivity index (χ2v) is 7.51. The van der Waals surface area contributed by atoms with Crippen LogP contribution < -0.4 is 10.6 Å². The molecule has 1 fully saturated rings. The second kappa shape index (κ2) is 16.9. The summed E-state index contributed by atoms with van der Waals surface area (Å²) >= 11 is 0. The summed E-state index contributed by atoms with van der Waals surface area (Å²) in [4.78, 5) is 37.9. The van der Waals surface area contributed by atoms with Gasteiger partial charge in [0.05, 0.1) is 24.2 Å². The minimum absolute atomic E-state index is 0.0919. The quantitative estimate of drug-likeness (QED) is 0.466. The van der Waals surface area contributed by atoms with Crippen LogP contribution in [0.25, 0.3) is 11.0 Å². The molecule has 0 saturated carbocycles. The first-order chi connectivity index (χ1) is 15.9. The first kappa shape index (κ1) is 30.4. The average Bonchev–Trinajstić information content (AvgIpc) is 3.45. The molecule has 33 heavy (non-hydrogen) atoms. The number of hydrogen-bond acceptors (Lipinski definition) is 6. The number of carbonyl (C=O) groups excluding carboxylic acids is 2. The number of benzene rings is 1. The zero-order valence-corrected chi connectivity index (χ0v) is 21.7. The highest BCUT2D eigenvalue weighted by Gasteiger charge is 2.21. The second-order valence-electron chi connectivity index (χ2n) is 7.51. The molecule has 0 spiro atoms. The molecular weight excluding hydrogens is 422 g/mol. The molecule has 3 rings (SSSR count). The fourth-order valence-electron chi connectivity index (χ4n) is 3.47. The summed E-state index contributed by atoms with van der Waals surface area (Å²) in [7, 11) is 6.26. The number of aldehydes is 1. The van der Waals surface area contributed by atoms with Gasteiger partial charge in [-0.1, -0.05) is 34.1 Å². The van der Waals surface area contributed by atoms with Crippen LogP contribution in [0.1, 0.15) is 65.8 Å². The van der Waals surface area contributed by atoms with Gasteiger partial charge < -0.3 is 19.2 Å². The van der Waals surface area contributed by atoms with E-state index in [4.69, 9.17) is 0 Å². The Kier molecular flexibility index (Phi) is 15.6. The standard InChI is InChI=1S/C18H23N3O4.C3H8.C2H6O.C2H6/c1-19-16-11-13(20-9-3-4-10-20)5-7-15(16)21(18(19)24)14(12-22)6-8-17(23)25-2;2*1-3-2;1-2/h5,7,11-12,14H,3-4,6,8-10H2,1-2H3;3H2,1-2H3;1-2H3;1-2H3. The van der Waals surface area contributed by atoms with Crippen molar-refractivity contribution in [1.29, 1.82) is 0 Å². The highest BCUT2D eigenvalue weighted by Crippen LogP contribution is 2.26. The number of carbonyl (C=O) groups is 2. The summed E-state index contributed by atoms with van der Waals surface area (Å²) in [5, 5.41) is 0. The number of ether oxygens (including phenoxy) is 2. The Morgan fingerprint density at radius 3 is 2.12 bits per heavy atom. The molecule has 1 aromatic heterocycles. The SMILES string of the molecule is CC.CCC.COC.COC(=O)CCC(C=O)n1c(=O)n(C)c2cc(N3CCCC3)ccc21. The molecule has 0 N–H and O–H groups in total. The van der Waals surface area contributed by atoms with Crippen molar-refractivity contribution in [2.24, 2.45) is 7.05 Å². The maximum Gasteiger partial charge on any atom is 0.329 e. The van der Waals surface area contributed by atoms with Crippen molar-refractivity contribution in [3.05, 3.63) is 28.7 Å². The summed E-state index contributed by atoms with van der Waals surface area (Å²) in [6.45, 7) is 10.3. The van der Waals surface area contributed by atoms with Crippen LogP contribution in [0.2, 0.25) is 0 Å². The summed E-state index contributed by atoms with van der Waals surface area (Å²) in [5.74, 6) is -0.392. The lowest BCUT2D eigenvalue weighted by Crippen LogP contribution is -2.27. The molecule has 2 aromatic rings. The zero-order chi connectivity index (χ0) is 25.4. The van der Waals surface area contributed by atoms with Gasteiger partial charge in [-0.25, -0.2) is 4.79 Å². The van der Waals surface area contributed by atoms with Crippen LogP contribution in [0, 0.1) is 0 Å². The molecule has 0 amide bonds. The van der Waals surface area contributed by atoms with Gasteiger partial charge in [0.25, 0.3) is 0 Å². The lowest BCUT2D eigenvalue weighted by atomic mass is 10.1. The van der Waals surface area contributed by atoms with E-state index in [9.17, 15) is 14.4 Å². The smallest absolute Gasteiger partial charge is 0.329 e.